The van der Waals surface area contributed by atoms with Crippen LogP contribution in [-0.2, 0) is 6.18 Å². The van der Waals surface area contributed by atoms with Crippen molar-refractivity contribution in [3.8, 4) is 22.5 Å². The molecule has 1 aromatic heterocycles. The molecule has 0 aliphatic heterocycles. The highest BCUT2D eigenvalue weighted by Crippen LogP contribution is 2.37. The van der Waals surface area contributed by atoms with Crippen molar-refractivity contribution in [2.24, 2.45) is 0 Å². The first-order valence-corrected chi connectivity index (χ1v) is 8.36. The number of hydrogen-bond donors (Lipinski definition) is 0. The standard InChI is InChI=1S/C18H13F3N2S/c1-24-17-22-15(12-7-3-2-4-8-12)11-16(23-17)13-9-5-6-10-14(13)18(19,20)21/h2-11H,1H3. The van der Waals surface area contributed by atoms with Crippen molar-refractivity contribution in [2.45, 2.75) is 11.3 Å². The molecule has 3 aromatic rings. The third kappa shape index (κ3) is 3.43. The fourth-order valence-electron chi connectivity index (χ4n) is 2.36. The van der Waals surface area contributed by atoms with Crippen molar-refractivity contribution in [1.29, 1.82) is 0 Å². The lowest BCUT2D eigenvalue weighted by Crippen LogP contribution is -2.07. The van der Waals surface area contributed by atoms with Gasteiger partial charge in [0.2, 0.25) is 0 Å². The van der Waals surface area contributed by atoms with Crippen molar-refractivity contribution < 1.29 is 13.2 Å². The summed E-state index contributed by atoms with van der Waals surface area (Å²) in [4.78, 5) is 8.68. The Bertz CT molecular complexity index is 848. The summed E-state index contributed by atoms with van der Waals surface area (Å²) in [5, 5.41) is 0.434. The lowest BCUT2D eigenvalue weighted by Gasteiger charge is -2.13. The summed E-state index contributed by atoms with van der Waals surface area (Å²) in [6.07, 6.45) is -2.64. The van der Waals surface area contributed by atoms with E-state index in [2.05, 4.69) is 9.97 Å². The maximum atomic E-state index is 13.3. The summed E-state index contributed by atoms with van der Waals surface area (Å²) in [6.45, 7) is 0. The minimum Gasteiger partial charge on any atom is -0.222 e. The molecule has 0 aliphatic rings. The molecule has 0 saturated carbocycles. The van der Waals surface area contributed by atoms with E-state index in [1.54, 1.807) is 18.4 Å². The number of thioether (sulfide) groups is 1. The van der Waals surface area contributed by atoms with Gasteiger partial charge in [-0.1, -0.05) is 60.3 Å². The minimum atomic E-state index is -4.44. The quantitative estimate of drug-likeness (QED) is 0.459. The van der Waals surface area contributed by atoms with Crippen LogP contribution in [0.5, 0.6) is 0 Å². The van der Waals surface area contributed by atoms with Crippen molar-refractivity contribution in [3.63, 3.8) is 0 Å². The lowest BCUT2D eigenvalue weighted by molar-refractivity contribution is -0.137. The van der Waals surface area contributed by atoms with Gasteiger partial charge in [0.15, 0.2) is 5.16 Å². The predicted octanol–water partition coefficient (Wildman–Crippen LogP) is 5.55. The zero-order valence-corrected chi connectivity index (χ0v) is 13.5. The van der Waals surface area contributed by atoms with E-state index in [0.717, 1.165) is 11.6 Å². The lowest BCUT2D eigenvalue weighted by atomic mass is 10.0. The Kier molecular flexibility index (Phi) is 4.57. The van der Waals surface area contributed by atoms with E-state index < -0.39 is 11.7 Å². The number of hydrogen-bond acceptors (Lipinski definition) is 3. The average molecular weight is 346 g/mol. The van der Waals surface area contributed by atoms with E-state index >= 15 is 0 Å². The Balaban J connectivity index is 2.20. The van der Waals surface area contributed by atoms with E-state index in [9.17, 15) is 13.2 Å². The molecule has 2 nitrogen and oxygen atoms in total. The van der Waals surface area contributed by atoms with Crippen LogP contribution in [-0.4, -0.2) is 16.2 Å². The summed E-state index contributed by atoms with van der Waals surface area (Å²) in [7, 11) is 0. The molecule has 2 aromatic carbocycles. The zero-order chi connectivity index (χ0) is 17.2. The minimum absolute atomic E-state index is 0.0554. The summed E-state index contributed by atoms with van der Waals surface area (Å²) in [6, 6.07) is 16.4. The molecule has 6 heteroatoms. The molecule has 3 rings (SSSR count). The Labute approximate surface area is 141 Å². The van der Waals surface area contributed by atoms with Crippen molar-refractivity contribution in [3.05, 3.63) is 66.2 Å². The van der Waals surface area contributed by atoms with Crippen LogP contribution in [0.25, 0.3) is 22.5 Å². The predicted molar refractivity (Wildman–Crippen MR) is 89.7 cm³/mol. The van der Waals surface area contributed by atoms with Crippen molar-refractivity contribution in [2.75, 3.05) is 6.26 Å². The molecule has 0 N–H and O–H groups in total. The summed E-state index contributed by atoms with van der Waals surface area (Å²) < 4.78 is 39.9. The van der Waals surface area contributed by atoms with Crippen LogP contribution >= 0.6 is 11.8 Å². The highest BCUT2D eigenvalue weighted by molar-refractivity contribution is 7.98. The van der Waals surface area contributed by atoms with Crippen LogP contribution in [0, 0.1) is 0 Å². The summed E-state index contributed by atoms with van der Waals surface area (Å²) >= 11 is 1.30. The molecule has 122 valence electrons. The van der Waals surface area contributed by atoms with Gasteiger partial charge in [0, 0.05) is 11.1 Å². The van der Waals surface area contributed by atoms with Crippen LogP contribution < -0.4 is 0 Å². The largest absolute Gasteiger partial charge is 0.417 e. The maximum absolute atomic E-state index is 13.3. The Morgan fingerprint density at radius 3 is 2.12 bits per heavy atom. The second kappa shape index (κ2) is 6.65. The van der Waals surface area contributed by atoms with E-state index in [4.69, 9.17) is 0 Å². The first-order valence-electron chi connectivity index (χ1n) is 7.14. The summed E-state index contributed by atoms with van der Waals surface area (Å²) in [5.41, 5.74) is 1.05. The third-order valence-corrected chi connectivity index (χ3v) is 4.01. The number of alkyl halides is 3. The van der Waals surface area contributed by atoms with Crippen LogP contribution in [0.2, 0.25) is 0 Å². The number of halogens is 3. The van der Waals surface area contributed by atoms with Crippen LogP contribution in [0.4, 0.5) is 13.2 Å². The van der Waals surface area contributed by atoms with Gasteiger partial charge in [-0.2, -0.15) is 13.2 Å². The van der Waals surface area contributed by atoms with E-state index in [1.165, 1.54) is 23.9 Å². The number of rotatable bonds is 3. The molecular weight excluding hydrogens is 333 g/mol. The number of benzene rings is 2. The normalized spacial score (nSPS) is 11.5. The van der Waals surface area contributed by atoms with Gasteiger partial charge in [0.05, 0.1) is 17.0 Å². The SMILES string of the molecule is CSc1nc(-c2ccccc2)cc(-c2ccccc2C(F)(F)F)n1. The Morgan fingerprint density at radius 2 is 1.46 bits per heavy atom. The van der Waals surface area contributed by atoms with Gasteiger partial charge in [0.25, 0.3) is 0 Å². The molecule has 0 amide bonds. The second-order valence-corrected chi connectivity index (χ2v) is 5.81. The van der Waals surface area contributed by atoms with Gasteiger partial charge < -0.3 is 0 Å². The van der Waals surface area contributed by atoms with E-state index in [0.29, 0.717) is 10.9 Å². The highest BCUT2D eigenvalue weighted by Gasteiger charge is 2.33. The number of aromatic nitrogens is 2. The van der Waals surface area contributed by atoms with Crippen LogP contribution in [0.1, 0.15) is 5.56 Å². The Morgan fingerprint density at radius 1 is 0.833 bits per heavy atom. The van der Waals surface area contributed by atoms with Gasteiger partial charge in [-0.15, -0.1) is 0 Å². The Hall–Kier alpha value is -2.34. The van der Waals surface area contributed by atoms with Gasteiger partial charge in [-0.25, -0.2) is 9.97 Å². The molecule has 24 heavy (non-hydrogen) atoms. The molecular formula is C18H13F3N2S. The maximum Gasteiger partial charge on any atom is 0.417 e. The molecule has 0 aliphatic carbocycles. The second-order valence-electron chi connectivity index (χ2n) is 5.03. The van der Waals surface area contributed by atoms with Gasteiger partial charge in [-0.3, -0.25) is 0 Å². The number of nitrogens with zero attached hydrogens (tertiary/aromatic N) is 2. The van der Waals surface area contributed by atoms with Crippen LogP contribution in [0.15, 0.2) is 65.8 Å². The summed E-state index contributed by atoms with van der Waals surface area (Å²) in [5.74, 6) is 0. The molecule has 0 radical (unpaired) electrons. The zero-order valence-electron chi connectivity index (χ0n) is 12.7. The van der Waals surface area contributed by atoms with Gasteiger partial charge in [-0.05, 0) is 18.4 Å². The highest BCUT2D eigenvalue weighted by atomic mass is 32.2. The molecule has 0 unspecified atom stereocenters. The molecule has 0 saturated heterocycles. The van der Waals surface area contributed by atoms with Crippen LogP contribution in [0.3, 0.4) is 0 Å². The van der Waals surface area contributed by atoms with Crippen molar-refractivity contribution >= 4 is 11.8 Å². The third-order valence-electron chi connectivity index (χ3n) is 3.47. The first-order chi connectivity index (χ1) is 11.5. The molecule has 1 heterocycles. The van der Waals surface area contributed by atoms with Gasteiger partial charge in [0.1, 0.15) is 0 Å². The fourth-order valence-corrected chi connectivity index (χ4v) is 2.74. The average Bonchev–Trinajstić information content (AvgIpc) is 2.61. The molecule has 0 spiro atoms. The van der Waals surface area contributed by atoms with Gasteiger partial charge >= 0.3 is 6.18 Å². The fraction of sp³-hybridized carbons (Fsp3) is 0.111. The van der Waals surface area contributed by atoms with E-state index in [-0.39, 0.29) is 11.3 Å². The molecule has 0 bridgehead atoms. The topological polar surface area (TPSA) is 25.8 Å². The van der Waals surface area contributed by atoms with Crippen molar-refractivity contribution in [1.82, 2.24) is 9.97 Å². The smallest absolute Gasteiger partial charge is 0.222 e. The first kappa shape index (κ1) is 16.5. The molecule has 0 fully saturated rings. The van der Waals surface area contributed by atoms with E-state index in [1.807, 2.05) is 30.3 Å². The monoisotopic (exact) mass is 346 g/mol. The molecule has 0 atom stereocenters.